The topological polar surface area (TPSA) is 75.7 Å². The number of hydrogen-bond acceptors (Lipinski definition) is 4. The van der Waals surface area contributed by atoms with E-state index in [4.69, 9.17) is 16.3 Å². The Balaban J connectivity index is 1.78. The van der Waals surface area contributed by atoms with Gasteiger partial charge in [-0.1, -0.05) is 29.8 Å². The fourth-order valence-corrected chi connectivity index (χ4v) is 4.30. The number of benzene rings is 2. The summed E-state index contributed by atoms with van der Waals surface area (Å²) in [5.41, 5.74) is 0.752. The molecular weight excluding hydrogens is 364 g/mol. The number of amides is 1. The summed E-state index contributed by atoms with van der Waals surface area (Å²) in [6.07, 6.45) is 0.400. The van der Waals surface area contributed by atoms with Crippen molar-refractivity contribution < 1.29 is 17.9 Å². The number of methoxy groups -OCH3 is 1. The van der Waals surface area contributed by atoms with E-state index in [2.05, 4.69) is 4.72 Å². The highest BCUT2D eigenvalue weighted by Gasteiger charge is 2.35. The molecule has 3 rings (SSSR count). The zero-order valence-corrected chi connectivity index (χ0v) is 15.0. The predicted octanol–water partition coefficient (Wildman–Crippen LogP) is 2.43. The van der Waals surface area contributed by atoms with E-state index < -0.39 is 16.1 Å². The van der Waals surface area contributed by atoms with Gasteiger partial charge in [-0.15, -0.1) is 0 Å². The van der Waals surface area contributed by atoms with Crippen molar-refractivity contribution in [1.82, 2.24) is 4.72 Å². The Bertz CT molecular complexity index is 887. The molecule has 1 aliphatic heterocycles. The maximum Gasteiger partial charge on any atom is 0.245 e. The number of halogens is 1. The molecular formula is C17H17ClN2O4S. The van der Waals surface area contributed by atoms with Crippen molar-refractivity contribution in [1.29, 1.82) is 0 Å². The number of anilines is 1. The number of sulfonamides is 1. The molecule has 0 spiro atoms. The van der Waals surface area contributed by atoms with Gasteiger partial charge in [-0.2, -0.15) is 4.72 Å². The molecule has 1 heterocycles. The van der Waals surface area contributed by atoms with Gasteiger partial charge in [0.05, 0.1) is 17.0 Å². The van der Waals surface area contributed by atoms with Crippen LogP contribution in [0.4, 0.5) is 5.69 Å². The van der Waals surface area contributed by atoms with Crippen molar-refractivity contribution in [2.45, 2.75) is 17.4 Å². The number of nitrogens with one attached hydrogen (secondary N) is 1. The molecule has 0 radical (unpaired) electrons. The van der Waals surface area contributed by atoms with Crippen LogP contribution in [0, 0.1) is 0 Å². The largest absolute Gasteiger partial charge is 0.495 e. The predicted molar refractivity (Wildman–Crippen MR) is 95.5 cm³/mol. The van der Waals surface area contributed by atoms with E-state index in [1.807, 2.05) is 30.3 Å². The molecule has 1 aliphatic rings. The molecule has 0 aliphatic carbocycles. The molecule has 1 amide bonds. The van der Waals surface area contributed by atoms with E-state index in [9.17, 15) is 13.2 Å². The molecule has 8 heteroatoms. The highest BCUT2D eigenvalue weighted by molar-refractivity contribution is 7.89. The average Bonchev–Trinajstić information content (AvgIpc) is 2.95. The Labute approximate surface area is 151 Å². The summed E-state index contributed by atoms with van der Waals surface area (Å²) in [5, 5.41) is 0.189. The van der Waals surface area contributed by atoms with Crippen LogP contribution in [-0.2, 0) is 14.8 Å². The van der Waals surface area contributed by atoms with E-state index in [0.717, 1.165) is 5.69 Å². The fraction of sp³-hybridized carbons (Fsp3) is 0.235. The second kappa shape index (κ2) is 7.03. The van der Waals surface area contributed by atoms with Gasteiger partial charge in [0.25, 0.3) is 0 Å². The van der Waals surface area contributed by atoms with E-state index >= 15 is 0 Å². The van der Waals surface area contributed by atoms with Crippen LogP contribution in [0.15, 0.2) is 53.4 Å². The first-order chi connectivity index (χ1) is 11.9. The second-order valence-corrected chi connectivity index (χ2v) is 7.71. The van der Waals surface area contributed by atoms with Crippen molar-refractivity contribution in [2.24, 2.45) is 0 Å². The lowest BCUT2D eigenvalue weighted by Crippen LogP contribution is -2.41. The van der Waals surface area contributed by atoms with Crippen molar-refractivity contribution in [3.8, 4) is 5.75 Å². The average molecular weight is 381 g/mol. The van der Waals surface area contributed by atoms with Gasteiger partial charge >= 0.3 is 0 Å². The molecule has 0 saturated carbocycles. The maximum absolute atomic E-state index is 12.5. The molecule has 1 atom stereocenters. The number of carbonyl (C=O) groups is 1. The number of nitrogens with zero attached hydrogens (tertiary/aromatic N) is 1. The first kappa shape index (κ1) is 17.7. The van der Waals surface area contributed by atoms with Crippen LogP contribution in [0.3, 0.4) is 0 Å². The van der Waals surface area contributed by atoms with Crippen LogP contribution in [0.2, 0.25) is 5.02 Å². The molecule has 0 bridgehead atoms. The second-order valence-electron chi connectivity index (χ2n) is 5.58. The normalized spacial score (nSPS) is 17.8. The summed E-state index contributed by atoms with van der Waals surface area (Å²) in [7, 11) is -2.42. The minimum absolute atomic E-state index is 0.00994. The number of hydrogen-bond donors (Lipinski definition) is 1. The van der Waals surface area contributed by atoms with Gasteiger partial charge in [0.15, 0.2) is 0 Å². The van der Waals surface area contributed by atoms with Gasteiger partial charge in [0.2, 0.25) is 15.9 Å². The van der Waals surface area contributed by atoms with E-state index in [1.165, 1.54) is 25.3 Å². The summed E-state index contributed by atoms with van der Waals surface area (Å²) >= 11 is 5.99. The van der Waals surface area contributed by atoms with Crippen molar-refractivity contribution in [3.63, 3.8) is 0 Å². The molecule has 2 aromatic carbocycles. The molecule has 1 saturated heterocycles. The van der Waals surface area contributed by atoms with E-state index in [1.54, 1.807) is 4.90 Å². The fourth-order valence-electron chi connectivity index (χ4n) is 2.72. The monoisotopic (exact) mass is 380 g/mol. The Kier molecular flexibility index (Phi) is 4.99. The Morgan fingerprint density at radius 1 is 1.20 bits per heavy atom. The van der Waals surface area contributed by atoms with Gasteiger partial charge in [0, 0.05) is 12.2 Å². The number of para-hydroxylation sites is 1. The molecule has 2 aromatic rings. The van der Waals surface area contributed by atoms with Crippen molar-refractivity contribution in [2.75, 3.05) is 18.6 Å². The Morgan fingerprint density at radius 2 is 1.92 bits per heavy atom. The minimum atomic E-state index is -3.87. The lowest BCUT2D eigenvalue weighted by Gasteiger charge is -2.17. The standard InChI is InChI=1S/C17H17ClN2O4S/c1-24-16-8-7-13(11-14(16)18)25(22,23)19-15-9-10-20(17(15)21)12-5-3-2-4-6-12/h2-8,11,15,19H,9-10H2,1H3/t15-/m1/s1. The molecule has 0 aromatic heterocycles. The van der Waals surface area contributed by atoms with Gasteiger partial charge in [-0.05, 0) is 36.8 Å². The van der Waals surface area contributed by atoms with Gasteiger partial charge in [0.1, 0.15) is 11.8 Å². The summed E-state index contributed by atoms with van der Waals surface area (Å²) in [4.78, 5) is 14.1. The maximum atomic E-state index is 12.5. The third-order valence-corrected chi connectivity index (χ3v) is 5.77. The minimum Gasteiger partial charge on any atom is -0.495 e. The highest BCUT2D eigenvalue weighted by atomic mass is 35.5. The number of rotatable bonds is 5. The summed E-state index contributed by atoms with van der Waals surface area (Å²) in [5.74, 6) is 0.113. The van der Waals surface area contributed by atoms with Crippen LogP contribution >= 0.6 is 11.6 Å². The summed E-state index contributed by atoms with van der Waals surface area (Å²) in [6.45, 7) is 0.458. The summed E-state index contributed by atoms with van der Waals surface area (Å²) < 4.78 is 32.6. The SMILES string of the molecule is COc1ccc(S(=O)(=O)N[C@@H]2CCN(c3ccccc3)C2=O)cc1Cl. The molecule has 25 heavy (non-hydrogen) atoms. The van der Waals surface area contributed by atoms with Crippen LogP contribution < -0.4 is 14.4 Å². The third kappa shape index (κ3) is 3.63. The quantitative estimate of drug-likeness (QED) is 0.864. The number of ether oxygens (including phenoxy) is 1. The van der Waals surface area contributed by atoms with Gasteiger partial charge in [-0.25, -0.2) is 8.42 Å². The smallest absolute Gasteiger partial charge is 0.245 e. The first-order valence-corrected chi connectivity index (χ1v) is 9.51. The third-order valence-electron chi connectivity index (χ3n) is 4.00. The van der Waals surface area contributed by atoms with Crippen LogP contribution in [-0.4, -0.2) is 34.0 Å². The molecule has 6 nitrogen and oxygen atoms in total. The highest BCUT2D eigenvalue weighted by Crippen LogP contribution is 2.28. The van der Waals surface area contributed by atoms with Crippen LogP contribution in [0.25, 0.3) is 0 Å². The molecule has 132 valence electrons. The van der Waals surface area contributed by atoms with Crippen LogP contribution in [0.5, 0.6) is 5.75 Å². The number of carbonyl (C=O) groups excluding carboxylic acids is 1. The van der Waals surface area contributed by atoms with Crippen LogP contribution in [0.1, 0.15) is 6.42 Å². The van der Waals surface area contributed by atoms with E-state index in [-0.39, 0.29) is 15.8 Å². The van der Waals surface area contributed by atoms with E-state index in [0.29, 0.717) is 18.7 Å². The van der Waals surface area contributed by atoms with Gasteiger partial charge < -0.3 is 9.64 Å². The zero-order valence-electron chi connectivity index (χ0n) is 13.5. The zero-order chi connectivity index (χ0) is 18.0. The van der Waals surface area contributed by atoms with Gasteiger partial charge in [-0.3, -0.25) is 4.79 Å². The lowest BCUT2D eigenvalue weighted by molar-refractivity contribution is -0.118. The molecule has 0 unspecified atom stereocenters. The van der Waals surface area contributed by atoms with Crippen molar-refractivity contribution in [3.05, 3.63) is 53.6 Å². The summed E-state index contributed by atoms with van der Waals surface area (Å²) in [6, 6.07) is 12.5. The molecule has 1 N–H and O–H groups in total. The Hall–Kier alpha value is -2.09. The first-order valence-electron chi connectivity index (χ1n) is 7.64. The Morgan fingerprint density at radius 3 is 2.56 bits per heavy atom. The lowest BCUT2D eigenvalue weighted by atomic mass is 10.3. The molecule has 1 fully saturated rings. The van der Waals surface area contributed by atoms with Crippen molar-refractivity contribution >= 4 is 33.2 Å².